The summed E-state index contributed by atoms with van der Waals surface area (Å²) in [5.41, 5.74) is 6.86. The standard InChI is InChI=1S/C15H20N2O2/c16-14(10-11-6-8-13(18)9-7-11)15(19)17-12-4-2-1-3-5-12/h1-2,6-9,12,14,18H,3-5,10,16H2,(H,17,19)/t12?,14-/m0/s1. The van der Waals surface area contributed by atoms with Gasteiger partial charge in [0.1, 0.15) is 5.75 Å². The summed E-state index contributed by atoms with van der Waals surface area (Å²) in [5.74, 6) is 0.115. The second-order valence-electron chi connectivity index (χ2n) is 4.97. The molecule has 0 aliphatic heterocycles. The smallest absolute Gasteiger partial charge is 0.237 e. The van der Waals surface area contributed by atoms with Crippen molar-refractivity contribution in [1.29, 1.82) is 0 Å². The number of phenols is 1. The van der Waals surface area contributed by atoms with E-state index in [1.165, 1.54) is 0 Å². The number of carbonyl (C=O) groups is 1. The van der Waals surface area contributed by atoms with Crippen molar-refractivity contribution in [2.45, 2.75) is 37.8 Å². The summed E-state index contributed by atoms with van der Waals surface area (Å²) in [7, 11) is 0. The highest BCUT2D eigenvalue weighted by atomic mass is 16.3. The third-order valence-electron chi connectivity index (χ3n) is 3.34. The molecule has 4 N–H and O–H groups in total. The lowest BCUT2D eigenvalue weighted by atomic mass is 10.0. The van der Waals surface area contributed by atoms with Gasteiger partial charge in [-0.05, 0) is 43.4 Å². The number of hydrogen-bond donors (Lipinski definition) is 3. The summed E-state index contributed by atoms with van der Waals surface area (Å²) < 4.78 is 0. The second kappa shape index (κ2) is 6.38. The van der Waals surface area contributed by atoms with Crippen LogP contribution in [0.4, 0.5) is 0 Å². The minimum Gasteiger partial charge on any atom is -0.508 e. The van der Waals surface area contributed by atoms with E-state index in [1.807, 2.05) is 0 Å². The number of rotatable bonds is 4. The normalized spacial score (nSPS) is 19.9. The van der Waals surface area contributed by atoms with Crippen molar-refractivity contribution in [1.82, 2.24) is 5.32 Å². The average Bonchev–Trinajstić information content (AvgIpc) is 2.42. The van der Waals surface area contributed by atoms with Gasteiger partial charge < -0.3 is 16.2 Å². The van der Waals surface area contributed by atoms with Crippen LogP contribution in [0.15, 0.2) is 36.4 Å². The van der Waals surface area contributed by atoms with Crippen molar-refractivity contribution >= 4 is 5.91 Å². The summed E-state index contributed by atoms with van der Waals surface area (Å²) in [4.78, 5) is 12.0. The molecule has 4 nitrogen and oxygen atoms in total. The lowest BCUT2D eigenvalue weighted by Gasteiger charge is -2.21. The summed E-state index contributed by atoms with van der Waals surface area (Å²) in [6.45, 7) is 0. The number of allylic oxidation sites excluding steroid dienone is 1. The first-order valence-electron chi connectivity index (χ1n) is 6.64. The van der Waals surface area contributed by atoms with Crippen molar-refractivity contribution < 1.29 is 9.90 Å². The first-order chi connectivity index (χ1) is 9.15. The average molecular weight is 260 g/mol. The van der Waals surface area contributed by atoms with E-state index in [9.17, 15) is 9.90 Å². The zero-order chi connectivity index (χ0) is 13.7. The lowest BCUT2D eigenvalue weighted by molar-refractivity contribution is -0.123. The monoisotopic (exact) mass is 260 g/mol. The van der Waals surface area contributed by atoms with Crippen molar-refractivity contribution in [3.8, 4) is 5.75 Å². The molecule has 2 rings (SSSR count). The Bertz CT molecular complexity index is 454. The van der Waals surface area contributed by atoms with Crippen molar-refractivity contribution in [2.24, 2.45) is 5.73 Å². The molecule has 1 aliphatic rings. The minimum absolute atomic E-state index is 0.103. The fourth-order valence-corrected chi connectivity index (χ4v) is 2.21. The van der Waals surface area contributed by atoms with Gasteiger partial charge in [-0.15, -0.1) is 0 Å². The number of amides is 1. The molecule has 1 aliphatic carbocycles. The Labute approximate surface area is 113 Å². The molecule has 1 amide bonds. The minimum atomic E-state index is -0.546. The van der Waals surface area contributed by atoms with E-state index in [4.69, 9.17) is 5.73 Å². The number of aromatic hydroxyl groups is 1. The van der Waals surface area contributed by atoms with Crippen LogP contribution >= 0.6 is 0 Å². The highest BCUT2D eigenvalue weighted by molar-refractivity contribution is 5.82. The van der Waals surface area contributed by atoms with Crippen LogP contribution in [0.5, 0.6) is 5.75 Å². The molecule has 0 saturated carbocycles. The maximum Gasteiger partial charge on any atom is 0.237 e. The molecule has 1 aromatic carbocycles. The Hall–Kier alpha value is -1.81. The number of benzene rings is 1. The zero-order valence-electron chi connectivity index (χ0n) is 10.9. The van der Waals surface area contributed by atoms with E-state index in [0.717, 1.165) is 24.8 Å². The Kier molecular flexibility index (Phi) is 4.58. The van der Waals surface area contributed by atoms with Gasteiger partial charge in [0, 0.05) is 6.04 Å². The zero-order valence-corrected chi connectivity index (χ0v) is 10.9. The second-order valence-corrected chi connectivity index (χ2v) is 4.97. The number of phenolic OH excluding ortho intramolecular Hbond substituents is 1. The van der Waals surface area contributed by atoms with Crippen LogP contribution in [-0.4, -0.2) is 23.1 Å². The van der Waals surface area contributed by atoms with Gasteiger partial charge in [-0.2, -0.15) is 0 Å². The summed E-state index contributed by atoms with van der Waals surface area (Å²) in [6.07, 6.45) is 7.59. The van der Waals surface area contributed by atoms with Gasteiger partial charge in [-0.1, -0.05) is 24.3 Å². The topological polar surface area (TPSA) is 75.3 Å². The van der Waals surface area contributed by atoms with Crippen LogP contribution in [0.3, 0.4) is 0 Å². The molecule has 0 bridgehead atoms. The SMILES string of the molecule is N[C@@H](Cc1ccc(O)cc1)C(=O)NC1CC=CCC1. The van der Waals surface area contributed by atoms with Crippen molar-refractivity contribution in [2.75, 3.05) is 0 Å². The van der Waals surface area contributed by atoms with Gasteiger partial charge in [0.15, 0.2) is 0 Å². The van der Waals surface area contributed by atoms with Crippen molar-refractivity contribution in [3.05, 3.63) is 42.0 Å². The molecule has 0 aromatic heterocycles. The van der Waals surface area contributed by atoms with E-state index >= 15 is 0 Å². The van der Waals surface area contributed by atoms with Crippen LogP contribution in [0, 0.1) is 0 Å². The van der Waals surface area contributed by atoms with Crippen LogP contribution in [-0.2, 0) is 11.2 Å². The molecule has 1 unspecified atom stereocenters. The van der Waals surface area contributed by atoms with Gasteiger partial charge >= 0.3 is 0 Å². The van der Waals surface area contributed by atoms with E-state index in [-0.39, 0.29) is 17.7 Å². The predicted octanol–water partition coefficient (Wildman–Crippen LogP) is 1.49. The van der Waals surface area contributed by atoms with Crippen molar-refractivity contribution in [3.63, 3.8) is 0 Å². The van der Waals surface area contributed by atoms with Crippen LogP contribution in [0.1, 0.15) is 24.8 Å². The van der Waals surface area contributed by atoms with Gasteiger partial charge in [0.05, 0.1) is 6.04 Å². The largest absolute Gasteiger partial charge is 0.508 e. The number of nitrogens with one attached hydrogen (secondary N) is 1. The number of hydrogen-bond acceptors (Lipinski definition) is 3. The summed E-state index contributed by atoms with van der Waals surface area (Å²) in [5, 5.41) is 12.2. The molecule has 0 saturated heterocycles. The van der Waals surface area contributed by atoms with E-state index in [0.29, 0.717) is 6.42 Å². The third-order valence-corrected chi connectivity index (χ3v) is 3.34. The molecule has 1 aromatic rings. The molecule has 19 heavy (non-hydrogen) atoms. The predicted molar refractivity (Wildman–Crippen MR) is 74.7 cm³/mol. The quantitative estimate of drug-likeness (QED) is 0.718. The molecular weight excluding hydrogens is 240 g/mol. The molecule has 0 spiro atoms. The molecule has 0 radical (unpaired) electrons. The molecule has 0 fully saturated rings. The summed E-state index contributed by atoms with van der Waals surface area (Å²) in [6, 6.07) is 6.44. The maximum absolute atomic E-state index is 12.0. The van der Waals surface area contributed by atoms with Crippen LogP contribution < -0.4 is 11.1 Å². The first kappa shape index (κ1) is 13.6. The number of carbonyl (C=O) groups excluding carboxylic acids is 1. The summed E-state index contributed by atoms with van der Waals surface area (Å²) >= 11 is 0. The number of nitrogens with two attached hydrogens (primary N) is 1. The fourth-order valence-electron chi connectivity index (χ4n) is 2.21. The van der Waals surface area contributed by atoms with Gasteiger partial charge in [-0.25, -0.2) is 0 Å². The van der Waals surface area contributed by atoms with E-state index in [1.54, 1.807) is 24.3 Å². The fraction of sp³-hybridized carbons (Fsp3) is 0.400. The Morgan fingerprint density at radius 1 is 1.37 bits per heavy atom. The third kappa shape index (κ3) is 4.10. The molecule has 4 heteroatoms. The lowest BCUT2D eigenvalue weighted by Crippen LogP contribution is -2.46. The van der Waals surface area contributed by atoms with Crippen LogP contribution in [0.25, 0.3) is 0 Å². The van der Waals surface area contributed by atoms with Crippen LogP contribution in [0.2, 0.25) is 0 Å². The highest BCUT2D eigenvalue weighted by Gasteiger charge is 2.18. The molecule has 2 atom stereocenters. The molecular formula is C15H20N2O2. The van der Waals surface area contributed by atoms with E-state index < -0.39 is 6.04 Å². The first-order valence-corrected chi connectivity index (χ1v) is 6.64. The Morgan fingerprint density at radius 2 is 2.11 bits per heavy atom. The Morgan fingerprint density at radius 3 is 2.74 bits per heavy atom. The van der Waals surface area contributed by atoms with Gasteiger partial charge in [-0.3, -0.25) is 4.79 Å². The Balaban J connectivity index is 1.84. The highest BCUT2D eigenvalue weighted by Crippen LogP contribution is 2.12. The molecule has 102 valence electrons. The van der Waals surface area contributed by atoms with E-state index in [2.05, 4.69) is 17.5 Å². The maximum atomic E-state index is 12.0. The van der Waals surface area contributed by atoms with Gasteiger partial charge in [0.2, 0.25) is 5.91 Å². The van der Waals surface area contributed by atoms with Gasteiger partial charge in [0.25, 0.3) is 0 Å². The molecule has 0 heterocycles.